The molecular weight excluding hydrogens is 485 g/mol. The van der Waals surface area contributed by atoms with Crippen molar-refractivity contribution in [3.8, 4) is 5.75 Å². The Morgan fingerprint density at radius 1 is 1.11 bits per heavy atom. The molecule has 2 aliphatic rings. The Labute approximate surface area is 208 Å². The molecule has 188 valence electrons. The van der Waals surface area contributed by atoms with E-state index in [4.69, 9.17) is 4.74 Å². The van der Waals surface area contributed by atoms with Gasteiger partial charge in [-0.15, -0.1) is 0 Å². The van der Waals surface area contributed by atoms with Gasteiger partial charge in [-0.25, -0.2) is 17.5 Å². The van der Waals surface area contributed by atoms with Gasteiger partial charge in [-0.05, 0) is 23.8 Å². The highest BCUT2D eigenvalue weighted by molar-refractivity contribution is 7.89. The number of nitrogens with one attached hydrogen (secondary N) is 1. The lowest BCUT2D eigenvalue weighted by Crippen LogP contribution is -2.39. The summed E-state index contributed by atoms with van der Waals surface area (Å²) in [6.07, 6.45) is -0.183. The summed E-state index contributed by atoms with van der Waals surface area (Å²) in [7, 11) is -4.13. The number of nitrogens with zero attached hydrogens (tertiary/aromatic N) is 2. The monoisotopic (exact) mass is 511 g/mol. The third kappa shape index (κ3) is 4.10. The predicted molar refractivity (Wildman–Crippen MR) is 133 cm³/mol. The van der Waals surface area contributed by atoms with Gasteiger partial charge in [-0.1, -0.05) is 56.3 Å². The maximum atomic E-state index is 15.1. The number of benzene rings is 3. The molecule has 0 bridgehead atoms. The van der Waals surface area contributed by atoms with Crippen molar-refractivity contribution in [2.75, 3.05) is 18.0 Å². The van der Waals surface area contributed by atoms with Crippen molar-refractivity contribution >= 4 is 21.4 Å². The lowest BCUT2D eigenvalue weighted by atomic mass is 9.87. The van der Waals surface area contributed by atoms with Crippen molar-refractivity contribution in [1.29, 1.82) is 0 Å². The number of hydrogen-bond donors (Lipinski definition) is 1. The molecule has 2 unspecified atom stereocenters. The van der Waals surface area contributed by atoms with E-state index in [9.17, 15) is 18.5 Å². The Balaban J connectivity index is 1.42. The summed E-state index contributed by atoms with van der Waals surface area (Å²) in [6, 6.07) is 17.6. The first kappa shape index (κ1) is 24.2. The highest BCUT2D eigenvalue weighted by atomic mass is 32.2. The first-order valence-corrected chi connectivity index (χ1v) is 13.1. The minimum atomic E-state index is -4.13. The summed E-state index contributed by atoms with van der Waals surface area (Å²) in [5.41, 5.74) is 1.60. The largest absolute Gasteiger partial charge is 0.487 e. The highest BCUT2D eigenvalue weighted by Crippen LogP contribution is 2.50. The molecule has 0 aromatic heterocycles. The summed E-state index contributed by atoms with van der Waals surface area (Å²) in [6.45, 7) is 4.71. The Morgan fingerprint density at radius 3 is 2.61 bits per heavy atom. The number of ether oxygens (including phenoxy) is 1. The zero-order valence-electron chi connectivity index (χ0n) is 19.8. The minimum absolute atomic E-state index is 0.00903. The van der Waals surface area contributed by atoms with E-state index in [-0.39, 0.29) is 35.1 Å². The molecule has 5 rings (SSSR count). The molecule has 0 aliphatic carbocycles. The van der Waals surface area contributed by atoms with Crippen LogP contribution in [0.15, 0.2) is 71.6 Å². The molecule has 0 fully saturated rings. The Bertz CT molecular complexity index is 1440. The SMILES string of the molecule is CC1(C)CN(C2c3ccccc3OC2CCNS(=O)(=O)c2ccccc2[N+](=O)[O-])c2c(F)cccc21. The number of hydrogen-bond acceptors (Lipinski definition) is 6. The standard InChI is InChI=1S/C26H26FN3O5S/c1-26(2)16-29(25-18(26)9-7-10-19(25)27)24-17-8-3-5-12-21(17)35-22(24)14-15-28-36(33,34)23-13-6-4-11-20(23)30(31)32/h3-13,22,24,28H,14-16H2,1-2H3. The van der Waals surface area contributed by atoms with E-state index in [1.54, 1.807) is 6.07 Å². The molecule has 0 saturated heterocycles. The van der Waals surface area contributed by atoms with Crippen LogP contribution in [0.3, 0.4) is 0 Å². The number of rotatable bonds is 7. The van der Waals surface area contributed by atoms with Crippen LogP contribution >= 0.6 is 0 Å². The number of para-hydroxylation sites is 3. The van der Waals surface area contributed by atoms with Crippen molar-refractivity contribution in [2.45, 2.75) is 42.7 Å². The summed E-state index contributed by atoms with van der Waals surface area (Å²) in [4.78, 5) is 12.2. The molecule has 2 aliphatic heterocycles. The molecule has 0 amide bonds. The van der Waals surface area contributed by atoms with Gasteiger partial charge in [0.1, 0.15) is 17.7 Å². The summed E-state index contributed by atoms with van der Waals surface area (Å²) in [5, 5.41) is 11.3. The van der Waals surface area contributed by atoms with Crippen molar-refractivity contribution < 1.29 is 22.5 Å². The van der Waals surface area contributed by atoms with Gasteiger partial charge in [0.25, 0.3) is 5.69 Å². The predicted octanol–water partition coefficient (Wildman–Crippen LogP) is 4.70. The van der Waals surface area contributed by atoms with Crippen molar-refractivity contribution in [3.05, 3.63) is 93.8 Å². The second-order valence-corrected chi connectivity index (χ2v) is 11.4. The Kier molecular flexibility index (Phi) is 5.96. The molecule has 36 heavy (non-hydrogen) atoms. The van der Waals surface area contributed by atoms with E-state index in [1.807, 2.05) is 35.2 Å². The molecule has 0 saturated carbocycles. The summed E-state index contributed by atoms with van der Waals surface area (Å²) in [5.74, 6) is 0.370. The highest BCUT2D eigenvalue weighted by Gasteiger charge is 2.46. The van der Waals surface area contributed by atoms with E-state index in [0.29, 0.717) is 18.0 Å². The number of anilines is 1. The number of halogens is 1. The molecule has 2 atom stereocenters. The maximum absolute atomic E-state index is 15.1. The van der Waals surface area contributed by atoms with E-state index >= 15 is 4.39 Å². The molecular formula is C26H26FN3O5S. The Hall–Kier alpha value is -3.50. The number of fused-ring (bicyclic) bond motifs is 2. The molecule has 2 heterocycles. The first-order valence-electron chi connectivity index (χ1n) is 11.6. The van der Waals surface area contributed by atoms with Gasteiger partial charge in [0, 0.05) is 36.6 Å². The second-order valence-electron chi connectivity index (χ2n) is 9.70. The van der Waals surface area contributed by atoms with Crippen LogP contribution < -0.4 is 14.4 Å². The van der Waals surface area contributed by atoms with Crippen molar-refractivity contribution in [2.24, 2.45) is 0 Å². The third-order valence-electron chi connectivity index (χ3n) is 6.85. The van der Waals surface area contributed by atoms with E-state index in [1.165, 1.54) is 24.3 Å². The van der Waals surface area contributed by atoms with Gasteiger partial charge in [0.05, 0.1) is 16.7 Å². The molecule has 0 spiro atoms. The zero-order valence-corrected chi connectivity index (χ0v) is 20.7. The van der Waals surface area contributed by atoms with Gasteiger partial charge in [-0.3, -0.25) is 10.1 Å². The van der Waals surface area contributed by atoms with Crippen LogP contribution in [-0.4, -0.2) is 32.5 Å². The van der Waals surface area contributed by atoms with Gasteiger partial charge >= 0.3 is 0 Å². The van der Waals surface area contributed by atoms with Gasteiger partial charge < -0.3 is 9.64 Å². The smallest absolute Gasteiger partial charge is 0.289 e. The van der Waals surface area contributed by atoms with Crippen LogP contribution in [0.25, 0.3) is 0 Å². The van der Waals surface area contributed by atoms with Crippen LogP contribution in [0, 0.1) is 15.9 Å². The van der Waals surface area contributed by atoms with Crippen LogP contribution in [-0.2, 0) is 15.4 Å². The lowest BCUT2D eigenvalue weighted by molar-refractivity contribution is -0.387. The van der Waals surface area contributed by atoms with E-state index in [0.717, 1.165) is 17.2 Å². The van der Waals surface area contributed by atoms with Gasteiger partial charge in [0.2, 0.25) is 10.0 Å². The van der Waals surface area contributed by atoms with Crippen LogP contribution in [0.4, 0.5) is 15.8 Å². The molecule has 1 N–H and O–H groups in total. The quantitative estimate of drug-likeness (QED) is 0.364. The number of nitro benzene ring substituents is 1. The first-order chi connectivity index (χ1) is 17.1. The second kappa shape index (κ2) is 8.86. The fraction of sp³-hybridized carbons (Fsp3) is 0.308. The number of nitro groups is 1. The molecule has 3 aromatic carbocycles. The average molecular weight is 512 g/mol. The molecule has 0 radical (unpaired) electrons. The van der Waals surface area contributed by atoms with Gasteiger partial charge in [-0.2, -0.15) is 0 Å². The normalized spacial score (nSPS) is 20.0. The molecule has 8 nitrogen and oxygen atoms in total. The summed E-state index contributed by atoms with van der Waals surface area (Å²) >= 11 is 0. The van der Waals surface area contributed by atoms with Crippen LogP contribution in [0.1, 0.15) is 37.4 Å². The lowest BCUT2D eigenvalue weighted by Gasteiger charge is -2.32. The minimum Gasteiger partial charge on any atom is -0.487 e. The third-order valence-corrected chi connectivity index (χ3v) is 8.35. The van der Waals surface area contributed by atoms with E-state index in [2.05, 4.69) is 18.6 Å². The maximum Gasteiger partial charge on any atom is 0.289 e. The Morgan fingerprint density at radius 2 is 1.83 bits per heavy atom. The van der Waals surface area contributed by atoms with E-state index < -0.39 is 26.7 Å². The summed E-state index contributed by atoms with van der Waals surface area (Å²) < 4.78 is 49.5. The van der Waals surface area contributed by atoms with Crippen molar-refractivity contribution in [1.82, 2.24) is 4.72 Å². The fourth-order valence-electron chi connectivity index (χ4n) is 5.27. The average Bonchev–Trinajstić information content (AvgIpc) is 3.33. The van der Waals surface area contributed by atoms with Crippen molar-refractivity contribution in [3.63, 3.8) is 0 Å². The molecule has 3 aromatic rings. The number of sulfonamides is 1. The molecule has 10 heteroatoms. The zero-order chi connectivity index (χ0) is 25.7. The van der Waals surface area contributed by atoms with Crippen LogP contribution in [0.2, 0.25) is 0 Å². The van der Waals surface area contributed by atoms with Gasteiger partial charge in [0.15, 0.2) is 4.90 Å². The topological polar surface area (TPSA) is 102 Å². The fourth-order valence-corrected chi connectivity index (χ4v) is 6.49. The van der Waals surface area contributed by atoms with Crippen LogP contribution in [0.5, 0.6) is 5.75 Å².